The lowest BCUT2D eigenvalue weighted by Gasteiger charge is -2.24. The second kappa shape index (κ2) is 6.50. The Bertz CT molecular complexity index is 522. The fourth-order valence-electron chi connectivity index (χ4n) is 2.16. The molecule has 104 valence electrons. The maximum Gasteiger partial charge on any atom is 0.110 e. The zero-order valence-electron chi connectivity index (χ0n) is 11.5. The molecule has 2 heterocycles. The smallest absolute Gasteiger partial charge is 0.110 e. The van der Waals surface area contributed by atoms with Crippen LogP contribution in [0.3, 0.4) is 0 Å². The van der Waals surface area contributed by atoms with Crippen molar-refractivity contribution in [3.05, 3.63) is 34.0 Å². The highest BCUT2D eigenvalue weighted by molar-refractivity contribution is 7.09. The quantitative estimate of drug-likeness (QED) is 0.768. The van der Waals surface area contributed by atoms with Gasteiger partial charge in [0.15, 0.2) is 0 Å². The topological polar surface area (TPSA) is 34.0 Å². The molecular formula is C13H19ClN4S. The molecule has 0 bridgehead atoms. The first-order valence-electron chi connectivity index (χ1n) is 6.32. The van der Waals surface area contributed by atoms with Gasteiger partial charge in [-0.1, -0.05) is 6.92 Å². The van der Waals surface area contributed by atoms with Gasteiger partial charge in [0.25, 0.3) is 0 Å². The van der Waals surface area contributed by atoms with E-state index in [0.717, 1.165) is 23.7 Å². The summed E-state index contributed by atoms with van der Waals surface area (Å²) in [6.07, 6.45) is 5.00. The maximum atomic E-state index is 5.82. The van der Waals surface area contributed by atoms with Gasteiger partial charge < -0.3 is 0 Å². The average molecular weight is 299 g/mol. The van der Waals surface area contributed by atoms with E-state index in [9.17, 15) is 0 Å². The van der Waals surface area contributed by atoms with Crippen LogP contribution in [-0.2, 0) is 19.5 Å². The molecule has 0 aliphatic rings. The standard InChI is InChI=1S/C13H19ClN4S/c1-4-12(13-16-11(5-14)9-19-13)17(2)7-10-6-15-18(3)8-10/h6,8-9,12H,4-5,7H2,1-3H3. The Morgan fingerprint density at radius 1 is 1.53 bits per heavy atom. The van der Waals surface area contributed by atoms with Crippen molar-refractivity contribution in [2.75, 3.05) is 7.05 Å². The molecule has 0 N–H and O–H groups in total. The second-order valence-electron chi connectivity index (χ2n) is 4.67. The summed E-state index contributed by atoms with van der Waals surface area (Å²) in [5, 5.41) is 7.39. The Morgan fingerprint density at radius 2 is 2.32 bits per heavy atom. The maximum absolute atomic E-state index is 5.82. The van der Waals surface area contributed by atoms with Crippen LogP contribution in [-0.4, -0.2) is 26.7 Å². The summed E-state index contributed by atoms with van der Waals surface area (Å²) in [5.74, 6) is 0.485. The summed E-state index contributed by atoms with van der Waals surface area (Å²) in [7, 11) is 4.07. The molecule has 0 saturated carbocycles. The summed E-state index contributed by atoms with van der Waals surface area (Å²) in [4.78, 5) is 6.91. The fourth-order valence-corrected chi connectivity index (χ4v) is 3.46. The van der Waals surface area contributed by atoms with Gasteiger partial charge in [0.1, 0.15) is 5.01 Å². The Kier molecular flexibility index (Phi) is 4.96. The number of nitrogens with zero attached hydrogens (tertiary/aromatic N) is 4. The van der Waals surface area contributed by atoms with Gasteiger partial charge in [-0.15, -0.1) is 22.9 Å². The van der Waals surface area contributed by atoms with Crippen molar-refractivity contribution in [2.45, 2.75) is 31.8 Å². The van der Waals surface area contributed by atoms with E-state index in [-0.39, 0.29) is 0 Å². The number of aromatic nitrogens is 3. The Morgan fingerprint density at radius 3 is 2.84 bits per heavy atom. The van der Waals surface area contributed by atoms with Gasteiger partial charge in [0, 0.05) is 30.7 Å². The Labute approximate surface area is 123 Å². The van der Waals surface area contributed by atoms with Crippen LogP contribution < -0.4 is 0 Å². The minimum atomic E-state index is 0.335. The van der Waals surface area contributed by atoms with Crippen LogP contribution in [0.4, 0.5) is 0 Å². The molecule has 0 fully saturated rings. The van der Waals surface area contributed by atoms with Crippen molar-refractivity contribution < 1.29 is 0 Å². The molecule has 0 aliphatic carbocycles. The van der Waals surface area contributed by atoms with Crippen LogP contribution in [0.1, 0.15) is 35.7 Å². The third-order valence-electron chi connectivity index (χ3n) is 3.10. The van der Waals surface area contributed by atoms with E-state index in [1.165, 1.54) is 5.56 Å². The number of rotatable bonds is 6. The van der Waals surface area contributed by atoms with Gasteiger partial charge >= 0.3 is 0 Å². The van der Waals surface area contributed by atoms with E-state index in [1.807, 2.05) is 23.3 Å². The lowest BCUT2D eigenvalue weighted by atomic mass is 10.2. The van der Waals surface area contributed by atoms with Gasteiger partial charge in [-0.05, 0) is 13.5 Å². The number of hydrogen-bond donors (Lipinski definition) is 0. The molecule has 6 heteroatoms. The van der Waals surface area contributed by atoms with Gasteiger partial charge in [-0.2, -0.15) is 5.10 Å². The third-order valence-corrected chi connectivity index (χ3v) is 4.37. The molecule has 1 unspecified atom stereocenters. The van der Waals surface area contributed by atoms with E-state index in [2.05, 4.69) is 35.2 Å². The zero-order valence-corrected chi connectivity index (χ0v) is 13.1. The van der Waals surface area contributed by atoms with Gasteiger partial charge in [0.05, 0.1) is 23.8 Å². The number of hydrogen-bond acceptors (Lipinski definition) is 4. The normalized spacial score (nSPS) is 13.1. The van der Waals surface area contributed by atoms with E-state index in [0.29, 0.717) is 11.9 Å². The number of halogens is 1. The van der Waals surface area contributed by atoms with E-state index < -0.39 is 0 Å². The lowest BCUT2D eigenvalue weighted by Crippen LogP contribution is -2.23. The number of alkyl halides is 1. The van der Waals surface area contributed by atoms with Crippen LogP contribution in [0, 0.1) is 0 Å². The summed E-state index contributed by atoms with van der Waals surface area (Å²) in [6.45, 7) is 3.06. The van der Waals surface area contributed by atoms with E-state index >= 15 is 0 Å². The van der Waals surface area contributed by atoms with Crippen molar-refractivity contribution in [3.8, 4) is 0 Å². The summed E-state index contributed by atoms with van der Waals surface area (Å²) in [6, 6.07) is 0.335. The molecule has 2 aromatic rings. The molecule has 0 radical (unpaired) electrons. The first-order chi connectivity index (χ1) is 9.13. The van der Waals surface area contributed by atoms with Crippen molar-refractivity contribution in [1.29, 1.82) is 0 Å². The lowest BCUT2D eigenvalue weighted by molar-refractivity contribution is 0.229. The number of aryl methyl sites for hydroxylation is 1. The molecule has 2 aromatic heterocycles. The minimum Gasteiger partial charge on any atom is -0.293 e. The molecule has 0 aromatic carbocycles. The fraction of sp³-hybridized carbons (Fsp3) is 0.538. The highest BCUT2D eigenvalue weighted by atomic mass is 35.5. The number of thiazole rings is 1. The SMILES string of the molecule is CCC(c1nc(CCl)cs1)N(C)Cc1cnn(C)c1. The molecule has 4 nitrogen and oxygen atoms in total. The van der Waals surface area contributed by atoms with Gasteiger partial charge in [-0.25, -0.2) is 4.98 Å². The minimum absolute atomic E-state index is 0.335. The van der Waals surface area contributed by atoms with Crippen LogP contribution in [0.15, 0.2) is 17.8 Å². The molecule has 0 saturated heterocycles. The molecule has 19 heavy (non-hydrogen) atoms. The van der Waals surface area contributed by atoms with E-state index in [1.54, 1.807) is 11.3 Å². The van der Waals surface area contributed by atoms with Crippen molar-refractivity contribution in [3.63, 3.8) is 0 Å². The molecular weight excluding hydrogens is 280 g/mol. The first kappa shape index (κ1) is 14.5. The van der Waals surface area contributed by atoms with Crippen LogP contribution >= 0.6 is 22.9 Å². The van der Waals surface area contributed by atoms with Crippen molar-refractivity contribution >= 4 is 22.9 Å². The summed E-state index contributed by atoms with van der Waals surface area (Å²) < 4.78 is 1.83. The summed E-state index contributed by atoms with van der Waals surface area (Å²) in [5.41, 5.74) is 2.19. The second-order valence-corrected chi connectivity index (χ2v) is 5.83. The van der Waals surface area contributed by atoms with Crippen LogP contribution in [0.25, 0.3) is 0 Å². The largest absolute Gasteiger partial charge is 0.293 e. The zero-order chi connectivity index (χ0) is 13.8. The van der Waals surface area contributed by atoms with E-state index in [4.69, 9.17) is 11.6 Å². The predicted octanol–water partition coefficient (Wildman–Crippen LogP) is 3.20. The van der Waals surface area contributed by atoms with Crippen molar-refractivity contribution in [2.24, 2.45) is 7.05 Å². The van der Waals surface area contributed by atoms with Crippen LogP contribution in [0.5, 0.6) is 0 Å². The molecule has 0 spiro atoms. The van der Waals surface area contributed by atoms with Gasteiger partial charge in [-0.3, -0.25) is 9.58 Å². The highest BCUT2D eigenvalue weighted by Gasteiger charge is 2.19. The first-order valence-corrected chi connectivity index (χ1v) is 7.73. The molecule has 0 aliphatic heterocycles. The highest BCUT2D eigenvalue weighted by Crippen LogP contribution is 2.27. The molecule has 2 rings (SSSR count). The average Bonchev–Trinajstić information content (AvgIpc) is 3.00. The summed E-state index contributed by atoms with van der Waals surface area (Å²) >= 11 is 7.51. The van der Waals surface area contributed by atoms with Gasteiger partial charge in [0.2, 0.25) is 0 Å². The Balaban J connectivity index is 2.08. The monoisotopic (exact) mass is 298 g/mol. The van der Waals surface area contributed by atoms with Crippen LogP contribution in [0.2, 0.25) is 0 Å². The van der Waals surface area contributed by atoms with Crippen molar-refractivity contribution in [1.82, 2.24) is 19.7 Å². The predicted molar refractivity (Wildman–Crippen MR) is 79.4 cm³/mol. The molecule has 0 amide bonds. The third kappa shape index (κ3) is 3.55. The molecule has 1 atom stereocenters. The Hall–Kier alpha value is -0.910.